The van der Waals surface area contributed by atoms with Gasteiger partial charge in [-0.3, -0.25) is 9.80 Å². The Balaban J connectivity index is 1.24. The van der Waals surface area contributed by atoms with Crippen molar-refractivity contribution >= 4 is 22.3 Å². The van der Waals surface area contributed by atoms with Gasteiger partial charge in [0.1, 0.15) is 24.4 Å². The average Bonchev–Trinajstić information content (AvgIpc) is 3.03. The quantitative estimate of drug-likeness (QED) is 0.393. The second kappa shape index (κ2) is 12.5. The zero-order valence-electron chi connectivity index (χ0n) is 24.0. The van der Waals surface area contributed by atoms with Crippen LogP contribution < -0.4 is 14.5 Å². The summed E-state index contributed by atoms with van der Waals surface area (Å²) in [5.74, 6) is 1.33. The second-order valence-electron chi connectivity index (χ2n) is 11.4. The van der Waals surface area contributed by atoms with Gasteiger partial charge in [0.15, 0.2) is 0 Å². The zero-order chi connectivity index (χ0) is 29.1. The molecule has 42 heavy (non-hydrogen) atoms. The Kier molecular flexibility index (Phi) is 8.42. The maximum atomic E-state index is 10.5. The molecular weight excluding hydrogens is 530 g/mol. The maximum Gasteiger partial charge on any atom is 0.318 e. The number of aliphatic hydroxyl groups is 1. The van der Waals surface area contributed by atoms with E-state index in [1.165, 1.54) is 0 Å². The highest BCUT2D eigenvalue weighted by molar-refractivity contribution is 5.95. The first-order chi connectivity index (χ1) is 20.5. The number of piperidine rings is 1. The molecule has 0 amide bonds. The molecule has 1 unspecified atom stereocenters. The molecular formula is C32H39N7O3. The van der Waals surface area contributed by atoms with E-state index in [2.05, 4.69) is 33.4 Å². The summed E-state index contributed by atoms with van der Waals surface area (Å²) < 4.78 is 6.19. The molecule has 0 radical (unpaired) electrons. The van der Waals surface area contributed by atoms with Crippen molar-refractivity contribution in [1.29, 1.82) is 5.26 Å². The predicted octanol–water partition coefficient (Wildman–Crippen LogP) is 3.14. The van der Waals surface area contributed by atoms with Crippen molar-refractivity contribution in [2.24, 2.45) is 5.92 Å². The van der Waals surface area contributed by atoms with Gasteiger partial charge >= 0.3 is 6.01 Å². The standard InChI is InChI=1S/C32H39N7O3/c1-2-30(41)37-13-15-38(16-14-37)31-27-9-12-39(29-20-25(40)19-24-5-3-4-6-26(24)29)22-28(27)34-32(35-31)42-18-17-36-10-7-23(21-33)8-11-36/h2-6,19-20,23,30,40-41H,1,7-18,22H2. The third kappa shape index (κ3) is 6.00. The van der Waals surface area contributed by atoms with Crippen LogP contribution in [0.4, 0.5) is 11.5 Å². The average molecular weight is 570 g/mol. The lowest BCUT2D eigenvalue weighted by molar-refractivity contribution is 0.0379. The van der Waals surface area contributed by atoms with Crippen molar-refractivity contribution in [3.05, 3.63) is 60.3 Å². The minimum atomic E-state index is -0.644. The topological polar surface area (TPSA) is 112 Å². The van der Waals surface area contributed by atoms with E-state index < -0.39 is 6.23 Å². The largest absolute Gasteiger partial charge is 0.508 e. The molecule has 2 fully saturated rings. The number of rotatable bonds is 8. The number of nitriles is 1. The van der Waals surface area contributed by atoms with Gasteiger partial charge in [0.25, 0.3) is 0 Å². The van der Waals surface area contributed by atoms with Gasteiger partial charge < -0.3 is 24.7 Å². The summed E-state index contributed by atoms with van der Waals surface area (Å²) in [5, 5.41) is 32.0. The molecule has 0 saturated carbocycles. The van der Waals surface area contributed by atoms with Crippen LogP contribution in [0.15, 0.2) is 49.1 Å². The normalized spacial score (nSPS) is 19.3. The number of likely N-dealkylation sites (tertiary alicyclic amines) is 1. The fraction of sp³-hybridized carbons (Fsp3) is 0.469. The van der Waals surface area contributed by atoms with E-state index in [0.717, 1.165) is 92.1 Å². The highest BCUT2D eigenvalue weighted by atomic mass is 16.5. The van der Waals surface area contributed by atoms with Crippen LogP contribution in [0, 0.1) is 17.2 Å². The first kappa shape index (κ1) is 28.2. The molecule has 6 rings (SSSR count). The van der Waals surface area contributed by atoms with Crippen molar-refractivity contribution in [3.8, 4) is 17.8 Å². The molecule has 220 valence electrons. The van der Waals surface area contributed by atoms with Crippen LogP contribution in [0.25, 0.3) is 10.8 Å². The lowest BCUT2D eigenvalue weighted by atomic mass is 9.99. The number of nitrogens with zero attached hydrogens (tertiary/aromatic N) is 7. The predicted molar refractivity (Wildman–Crippen MR) is 163 cm³/mol. The number of hydrogen-bond donors (Lipinski definition) is 2. The van der Waals surface area contributed by atoms with E-state index in [-0.39, 0.29) is 11.7 Å². The fourth-order valence-corrected chi connectivity index (χ4v) is 6.36. The number of piperazine rings is 1. The molecule has 1 atom stereocenters. The fourth-order valence-electron chi connectivity index (χ4n) is 6.36. The minimum absolute atomic E-state index is 0.161. The van der Waals surface area contributed by atoms with Gasteiger partial charge in [-0.1, -0.05) is 30.8 Å². The molecule has 3 aliphatic heterocycles. The van der Waals surface area contributed by atoms with Crippen LogP contribution in [-0.4, -0.2) is 95.2 Å². The lowest BCUT2D eigenvalue weighted by Crippen LogP contribution is -2.50. The van der Waals surface area contributed by atoms with E-state index in [1.54, 1.807) is 12.1 Å². The summed E-state index contributed by atoms with van der Waals surface area (Å²) in [5.41, 5.74) is 3.07. The monoisotopic (exact) mass is 569 g/mol. The molecule has 10 heteroatoms. The van der Waals surface area contributed by atoms with Crippen LogP contribution in [0.3, 0.4) is 0 Å². The van der Waals surface area contributed by atoms with Crippen LogP contribution >= 0.6 is 0 Å². The molecule has 4 heterocycles. The Labute approximate surface area is 247 Å². The number of phenolic OH excluding ortho intramolecular Hbond substituents is 1. The van der Waals surface area contributed by atoms with Crippen molar-refractivity contribution in [3.63, 3.8) is 0 Å². The third-order valence-electron chi connectivity index (χ3n) is 8.80. The van der Waals surface area contributed by atoms with Gasteiger partial charge in [0, 0.05) is 67.9 Å². The molecule has 2 N–H and O–H groups in total. The first-order valence-corrected chi connectivity index (χ1v) is 14.9. The maximum absolute atomic E-state index is 10.5. The Morgan fingerprint density at radius 1 is 1.05 bits per heavy atom. The van der Waals surface area contributed by atoms with Gasteiger partial charge in [-0.15, -0.1) is 0 Å². The lowest BCUT2D eigenvalue weighted by Gasteiger charge is -2.39. The SMILES string of the molecule is C=CC(O)N1CCN(c2nc(OCCN3CCC(C#N)CC3)nc3c2CCN(c2cc(O)cc4ccccc24)C3)CC1. The van der Waals surface area contributed by atoms with Gasteiger partial charge in [-0.05, 0) is 49.9 Å². The number of hydrogen-bond acceptors (Lipinski definition) is 10. The second-order valence-corrected chi connectivity index (χ2v) is 11.4. The number of ether oxygens (including phenoxy) is 1. The number of aromatic nitrogens is 2. The first-order valence-electron chi connectivity index (χ1n) is 14.9. The van der Waals surface area contributed by atoms with Crippen molar-refractivity contribution < 1.29 is 14.9 Å². The highest BCUT2D eigenvalue weighted by Crippen LogP contribution is 2.36. The number of fused-ring (bicyclic) bond motifs is 2. The smallest absolute Gasteiger partial charge is 0.318 e. The van der Waals surface area contributed by atoms with Gasteiger partial charge in [-0.25, -0.2) is 0 Å². The summed E-state index contributed by atoms with van der Waals surface area (Å²) in [6.45, 7) is 11.1. The number of aliphatic hydroxyl groups excluding tert-OH is 1. The van der Waals surface area contributed by atoms with E-state index >= 15 is 0 Å². The minimum Gasteiger partial charge on any atom is -0.508 e. The number of anilines is 2. The Morgan fingerprint density at radius 3 is 2.60 bits per heavy atom. The number of aromatic hydroxyl groups is 1. The summed E-state index contributed by atoms with van der Waals surface area (Å²) >= 11 is 0. The molecule has 3 aliphatic rings. The van der Waals surface area contributed by atoms with Crippen LogP contribution in [0.5, 0.6) is 11.8 Å². The van der Waals surface area contributed by atoms with Crippen LogP contribution in [0.2, 0.25) is 0 Å². The van der Waals surface area contributed by atoms with Gasteiger partial charge in [0.2, 0.25) is 0 Å². The van der Waals surface area contributed by atoms with E-state index in [0.29, 0.717) is 32.3 Å². The van der Waals surface area contributed by atoms with E-state index in [9.17, 15) is 15.5 Å². The molecule has 10 nitrogen and oxygen atoms in total. The molecule has 0 spiro atoms. The number of phenols is 1. The van der Waals surface area contributed by atoms with Gasteiger partial charge in [-0.2, -0.15) is 15.2 Å². The Hall–Kier alpha value is -3.91. The Morgan fingerprint density at radius 2 is 1.83 bits per heavy atom. The number of benzene rings is 2. The summed E-state index contributed by atoms with van der Waals surface area (Å²) in [6.07, 6.45) is 3.51. The van der Waals surface area contributed by atoms with Crippen LogP contribution in [0.1, 0.15) is 24.1 Å². The van der Waals surface area contributed by atoms with Crippen LogP contribution in [-0.2, 0) is 13.0 Å². The highest BCUT2D eigenvalue weighted by Gasteiger charge is 2.29. The van der Waals surface area contributed by atoms with Crippen molar-refractivity contribution in [2.45, 2.75) is 32.0 Å². The summed E-state index contributed by atoms with van der Waals surface area (Å²) in [7, 11) is 0. The van der Waals surface area contributed by atoms with Crippen molar-refractivity contribution in [2.75, 3.05) is 68.8 Å². The molecule has 2 saturated heterocycles. The molecule has 0 bridgehead atoms. The van der Waals surface area contributed by atoms with E-state index in [1.807, 2.05) is 29.2 Å². The molecule has 0 aliphatic carbocycles. The third-order valence-corrected chi connectivity index (χ3v) is 8.80. The summed E-state index contributed by atoms with van der Waals surface area (Å²) in [4.78, 5) is 18.8. The van der Waals surface area contributed by atoms with Crippen molar-refractivity contribution in [1.82, 2.24) is 19.8 Å². The molecule has 2 aromatic carbocycles. The van der Waals surface area contributed by atoms with E-state index in [4.69, 9.17) is 14.7 Å². The zero-order valence-corrected chi connectivity index (χ0v) is 24.0. The summed E-state index contributed by atoms with van der Waals surface area (Å²) in [6, 6.07) is 14.5. The molecule has 1 aromatic heterocycles. The van der Waals surface area contributed by atoms with Gasteiger partial charge in [0.05, 0.1) is 18.3 Å². The Bertz CT molecular complexity index is 1460. The molecule has 3 aromatic rings.